The molecule has 0 saturated heterocycles. The fourth-order valence-corrected chi connectivity index (χ4v) is 2.30. The Hall–Kier alpha value is 0.940. The lowest BCUT2D eigenvalue weighted by Gasteiger charge is -2.00. The van der Waals surface area contributed by atoms with Gasteiger partial charge in [0, 0.05) is 11.5 Å². The van der Waals surface area contributed by atoms with Gasteiger partial charge < -0.3 is 10.2 Å². The Morgan fingerprint density at radius 3 is 1.50 bits per heavy atom. The molecule has 0 aromatic carbocycles. The van der Waals surface area contributed by atoms with Crippen molar-refractivity contribution in [1.82, 2.24) is 0 Å². The second-order valence-corrected chi connectivity index (χ2v) is 5.11. The van der Waals surface area contributed by atoms with E-state index in [1.165, 1.54) is 23.5 Å². The highest BCUT2D eigenvalue weighted by Crippen LogP contribution is 2.33. The van der Waals surface area contributed by atoms with E-state index in [4.69, 9.17) is 33.4 Å². The molecule has 0 amide bonds. The highest BCUT2D eigenvalue weighted by Gasteiger charge is 2.02. The molecule has 2 N–H and O–H groups in total. The molecule has 0 saturated carbocycles. The van der Waals surface area contributed by atoms with Gasteiger partial charge >= 0.3 is 0 Å². The van der Waals surface area contributed by atoms with Crippen molar-refractivity contribution in [3.63, 3.8) is 0 Å². The Morgan fingerprint density at radius 1 is 0.917 bits per heavy atom. The van der Waals surface area contributed by atoms with Gasteiger partial charge in [-0.25, -0.2) is 0 Å². The molecular weight excluding hydrogens is 239 g/mol. The number of halogens is 2. The number of hydrogen-bond donors (Lipinski definition) is 2. The van der Waals surface area contributed by atoms with Gasteiger partial charge in [-0.05, 0) is 0 Å². The molecular formula is C6H10Cl2O2S2. The summed E-state index contributed by atoms with van der Waals surface area (Å²) >= 11 is 14.1. The second-order valence-electron chi connectivity index (χ2n) is 1.69. The van der Waals surface area contributed by atoms with Crippen LogP contribution in [0.4, 0.5) is 0 Å². The van der Waals surface area contributed by atoms with Crippen molar-refractivity contribution in [3.05, 3.63) is 8.73 Å². The van der Waals surface area contributed by atoms with Crippen LogP contribution in [0.2, 0.25) is 0 Å². The van der Waals surface area contributed by atoms with Crippen LogP contribution < -0.4 is 0 Å². The predicted octanol–water partition coefficient (Wildman–Crippen LogP) is 2.04. The molecule has 0 aromatic rings. The number of aliphatic hydroxyl groups is 2. The molecule has 6 heteroatoms. The van der Waals surface area contributed by atoms with Crippen molar-refractivity contribution in [2.45, 2.75) is 0 Å². The first-order chi connectivity index (χ1) is 5.72. The van der Waals surface area contributed by atoms with Gasteiger partial charge in [0.15, 0.2) is 0 Å². The summed E-state index contributed by atoms with van der Waals surface area (Å²) in [6, 6.07) is 0. The Kier molecular flexibility index (Phi) is 9.20. The summed E-state index contributed by atoms with van der Waals surface area (Å²) in [6.07, 6.45) is 0. The topological polar surface area (TPSA) is 40.5 Å². The minimum atomic E-state index is 0.0791. The Labute approximate surface area is 90.3 Å². The predicted molar refractivity (Wildman–Crippen MR) is 57.8 cm³/mol. The van der Waals surface area contributed by atoms with E-state index >= 15 is 0 Å². The molecule has 0 bridgehead atoms. The van der Waals surface area contributed by atoms with Crippen LogP contribution in [0.1, 0.15) is 0 Å². The highest BCUT2D eigenvalue weighted by molar-refractivity contribution is 8.08. The van der Waals surface area contributed by atoms with E-state index in [1.807, 2.05) is 0 Å². The highest BCUT2D eigenvalue weighted by atomic mass is 35.5. The summed E-state index contributed by atoms with van der Waals surface area (Å²) in [4.78, 5) is 0. The third-order valence-electron chi connectivity index (χ3n) is 0.795. The molecule has 12 heavy (non-hydrogen) atoms. The molecule has 0 aliphatic rings. The summed E-state index contributed by atoms with van der Waals surface area (Å²) < 4.78 is 0.952. The quantitative estimate of drug-likeness (QED) is 0.755. The van der Waals surface area contributed by atoms with Gasteiger partial charge in [0.05, 0.1) is 21.9 Å². The third kappa shape index (κ3) is 6.46. The lowest BCUT2D eigenvalue weighted by molar-refractivity contribution is 0.322. The Balaban J connectivity index is 3.72. The van der Waals surface area contributed by atoms with Crippen molar-refractivity contribution in [1.29, 1.82) is 0 Å². The van der Waals surface area contributed by atoms with E-state index in [9.17, 15) is 0 Å². The monoisotopic (exact) mass is 248 g/mol. The van der Waals surface area contributed by atoms with Gasteiger partial charge in [-0.15, -0.1) is 23.5 Å². The maximum Gasteiger partial charge on any atom is 0.0987 e. The first-order valence-corrected chi connectivity index (χ1v) is 5.97. The fraction of sp³-hybridized carbons (Fsp3) is 0.667. The molecule has 0 radical (unpaired) electrons. The Morgan fingerprint density at radius 2 is 1.25 bits per heavy atom. The van der Waals surface area contributed by atoms with Crippen molar-refractivity contribution >= 4 is 46.7 Å². The number of rotatable bonds is 6. The largest absolute Gasteiger partial charge is 0.396 e. The van der Waals surface area contributed by atoms with Gasteiger partial charge in [0.25, 0.3) is 0 Å². The standard InChI is InChI=1S/C6H10Cl2O2S2/c7-5(11-3-1-9)6(8)12-4-2-10/h9-10H,1-4H2/b6-5+. The van der Waals surface area contributed by atoms with Crippen molar-refractivity contribution in [2.75, 3.05) is 24.7 Å². The van der Waals surface area contributed by atoms with Crippen LogP contribution in [0.5, 0.6) is 0 Å². The molecule has 0 spiro atoms. The molecule has 0 aliphatic heterocycles. The van der Waals surface area contributed by atoms with Crippen molar-refractivity contribution in [3.8, 4) is 0 Å². The SMILES string of the molecule is OCCS/C(Cl)=C(\Cl)SCCO. The maximum absolute atomic E-state index is 8.48. The lowest BCUT2D eigenvalue weighted by Crippen LogP contribution is -1.87. The minimum Gasteiger partial charge on any atom is -0.396 e. The first-order valence-electron chi connectivity index (χ1n) is 3.25. The lowest BCUT2D eigenvalue weighted by atomic mass is 10.9. The van der Waals surface area contributed by atoms with Gasteiger partial charge in [0.1, 0.15) is 0 Å². The zero-order chi connectivity index (χ0) is 9.40. The van der Waals surface area contributed by atoms with E-state index in [1.54, 1.807) is 0 Å². The number of hydrogen-bond acceptors (Lipinski definition) is 4. The maximum atomic E-state index is 8.48. The van der Waals surface area contributed by atoms with Gasteiger partial charge in [-0.1, -0.05) is 23.2 Å². The summed E-state index contributed by atoms with van der Waals surface area (Å²) in [5.41, 5.74) is 0. The van der Waals surface area contributed by atoms with Crippen LogP contribution >= 0.6 is 46.7 Å². The molecule has 0 heterocycles. The molecule has 0 aromatic heterocycles. The van der Waals surface area contributed by atoms with Crippen LogP contribution in [0.15, 0.2) is 8.73 Å². The second kappa shape index (κ2) is 8.53. The van der Waals surface area contributed by atoms with Crippen molar-refractivity contribution in [2.24, 2.45) is 0 Å². The van der Waals surface area contributed by atoms with E-state index < -0.39 is 0 Å². The zero-order valence-corrected chi connectivity index (χ0v) is 9.44. The van der Waals surface area contributed by atoms with Crippen LogP contribution in [0.3, 0.4) is 0 Å². The summed E-state index contributed by atoms with van der Waals surface area (Å²) in [5.74, 6) is 1.07. The minimum absolute atomic E-state index is 0.0791. The number of aliphatic hydroxyl groups excluding tert-OH is 2. The van der Waals surface area contributed by atoms with Gasteiger partial charge in [-0.2, -0.15) is 0 Å². The van der Waals surface area contributed by atoms with Crippen molar-refractivity contribution < 1.29 is 10.2 Å². The van der Waals surface area contributed by atoms with Crippen LogP contribution in [-0.2, 0) is 0 Å². The normalized spacial score (nSPS) is 13.0. The molecule has 0 unspecified atom stereocenters. The molecule has 0 rings (SSSR count). The summed E-state index contributed by atoms with van der Waals surface area (Å²) in [7, 11) is 0. The third-order valence-corrected chi connectivity index (χ3v) is 3.97. The molecule has 0 aliphatic carbocycles. The summed E-state index contributed by atoms with van der Waals surface area (Å²) in [6.45, 7) is 0.158. The smallest absolute Gasteiger partial charge is 0.0987 e. The van der Waals surface area contributed by atoms with Gasteiger partial charge in [0.2, 0.25) is 0 Å². The van der Waals surface area contributed by atoms with Gasteiger partial charge in [-0.3, -0.25) is 0 Å². The molecule has 72 valence electrons. The van der Waals surface area contributed by atoms with Crippen LogP contribution in [0.25, 0.3) is 0 Å². The summed E-state index contributed by atoms with van der Waals surface area (Å²) in [5, 5.41) is 17.0. The van der Waals surface area contributed by atoms with E-state index in [-0.39, 0.29) is 13.2 Å². The number of thioether (sulfide) groups is 2. The first kappa shape index (κ1) is 12.9. The van der Waals surface area contributed by atoms with E-state index in [0.717, 1.165) is 0 Å². The van der Waals surface area contributed by atoms with E-state index in [2.05, 4.69) is 0 Å². The molecule has 0 atom stereocenters. The van der Waals surface area contributed by atoms with Crippen LogP contribution in [-0.4, -0.2) is 34.9 Å². The zero-order valence-electron chi connectivity index (χ0n) is 6.30. The van der Waals surface area contributed by atoms with Crippen LogP contribution in [0, 0.1) is 0 Å². The average molecular weight is 249 g/mol. The fourth-order valence-electron chi connectivity index (χ4n) is 0.384. The molecule has 2 nitrogen and oxygen atoms in total. The molecule has 0 fully saturated rings. The Bertz CT molecular complexity index is 136. The van der Waals surface area contributed by atoms with E-state index in [0.29, 0.717) is 20.2 Å². The average Bonchev–Trinajstić information content (AvgIpc) is 2.10.